The van der Waals surface area contributed by atoms with Crippen LogP contribution in [0.3, 0.4) is 0 Å². The molecular weight excluding hydrogens is 554 g/mol. The smallest absolute Gasteiger partial charge is 0.358 e. The zero-order chi connectivity index (χ0) is 28.9. The van der Waals surface area contributed by atoms with Crippen molar-refractivity contribution in [3.63, 3.8) is 0 Å². The quantitative estimate of drug-likeness (QED) is 0.0925. The third-order valence-corrected chi connectivity index (χ3v) is 7.23. The number of carbonyl (C=O) groups excluding carboxylic acids is 5. The van der Waals surface area contributed by atoms with Crippen molar-refractivity contribution >= 4 is 63.7 Å². The molecule has 39 heavy (non-hydrogen) atoms. The van der Waals surface area contributed by atoms with Crippen LogP contribution in [-0.4, -0.2) is 81.1 Å². The second-order valence-electron chi connectivity index (χ2n) is 9.19. The zero-order valence-corrected chi connectivity index (χ0v) is 23.1. The highest BCUT2D eigenvalue weighted by molar-refractivity contribution is 8.00. The fourth-order valence-corrected chi connectivity index (χ4v) is 5.22. The number of β-lactam (4-membered cyclic amide) rings is 1. The molecule has 2 atom stereocenters. The van der Waals surface area contributed by atoms with E-state index in [9.17, 15) is 29.2 Å². The number of hydrogen-bond acceptors (Lipinski definition) is 14. The molecule has 1 aromatic heterocycles. The number of nitrogens with one attached hydrogen (secondary N) is 1. The van der Waals surface area contributed by atoms with Gasteiger partial charge in [-0.1, -0.05) is 11.2 Å². The maximum Gasteiger partial charge on any atom is 0.358 e. The molecule has 0 aromatic carbocycles. The van der Waals surface area contributed by atoms with Crippen molar-refractivity contribution in [3.05, 3.63) is 34.5 Å². The van der Waals surface area contributed by atoms with Crippen molar-refractivity contribution in [2.24, 2.45) is 10.6 Å². The first-order valence-electron chi connectivity index (χ1n) is 11.4. The number of nitrogens with two attached hydrogens (primary N) is 1. The zero-order valence-electron chi connectivity index (χ0n) is 21.5. The van der Waals surface area contributed by atoms with Crippen LogP contribution >= 0.6 is 23.1 Å². The number of amides is 2. The number of nitrogens with zero attached hydrogens (tertiary/aromatic N) is 3. The van der Waals surface area contributed by atoms with E-state index in [-0.39, 0.29) is 28.9 Å². The van der Waals surface area contributed by atoms with E-state index in [0.29, 0.717) is 5.57 Å². The molecule has 1 unspecified atom stereocenters. The molecule has 0 aliphatic carbocycles. The van der Waals surface area contributed by atoms with Crippen molar-refractivity contribution in [3.8, 4) is 0 Å². The Morgan fingerprint density at radius 1 is 1.28 bits per heavy atom. The minimum absolute atomic E-state index is 0.0339. The Morgan fingerprint density at radius 3 is 2.59 bits per heavy atom. The summed E-state index contributed by atoms with van der Waals surface area (Å²) in [5.74, 6) is -3.27. The normalized spacial score (nSPS) is 19.3. The Kier molecular flexibility index (Phi) is 9.34. The van der Waals surface area contributed by atoms with Gasteiger partial charge >= 0.3 is 17.9 Å². The highest BCUT2D eigenvalue weighted by Gasteiger charge is 2.54. The topological polar surface area (TPSA) is 200 Å². The molecule has 16 heteroatoms. The minimum Gasteiger partial charge on any atom is -0.462 e. The first-order valence-corrected chi connectivity index (χ1v) is 13.3. The van der Waals surface area contributed by atoms with Gasteiger partial charge in [0.05, 0.1) is 5.41 Å². The molecule has 210 valence electrons. The van der Waals surface area contributed by atoms with E-state index in [1.807, 2.05) is 0 Å². The van der Waals surface area contributed by atoms with E-state index >= 15 is 0 Å². The summed E-state index contributed by atoms with van der Waals surface area (Å²) in [7, 11) is 0. The fraction of sp³-hybridized carbons (Fsp3) is 0.435. The molecule has 2 amide bonds. The number of ether oxygens (including phenoxy) is 3. The molecule has 0 bridgehead atoms. The lowest BCUT2D eigenvalue weighted by Gasteiger charge is -2.49. The van der Waals surface area contributed by atoms with Crippen molar-refractivity contribution in [1.29, 1.82) is 0 Å². The van der Waals surface area contributed by atoms with Gasteiger partial charge in [0.1, 0.15) is 29.4 Å². The van der Waals surface area contributed by atoms with Gasteiger partial charge in [-0.3, -0.25) is 24.1 Å². The lowest BCUT2D eigenvalue weighted by atomic mass is 9.98. The van der Waals surface area contributed by atoms with Crippen LogP contribution in [-0.2, 0) is 38.2 Å². The predicted molar refractivity (Wildman–Crippen MR) is 139 cm³/mol. The molecule has 1 aromatic rings. The number of allylic oxidation sites excluding steroid dienone is 1. The predicted octanol–water partition coefficient (Wildman–Crippen LogP) is 0.767. The highest BCUT2D eigenvalue weighted by Crippen LogP contribution is 2.41. The van der Waals surface area contributed by atoms with E-state index in [4.69, 9.17) is 19.9 Å². The van der Waals surface area contributed by atoms with E-state index in [0.717, 1.165) is 16.2 Å². The van der Waals surface area contributed by atoms with Gasteiger partial charge in [-0.25, -0.2) is 9.78 Å². The summed E-state index contributed by atoms with van der Waals surface area (Å²) in [4.78, 5) is 67.0. The summed E-state index contributed by atoms with van der Waals surface area (Å²) >= 11 is 2.29. The SMILES string of the molecule is CC(=O)OC/C=C\C1=C(C(=O)OCOC(=O)C(C)(C)C)N2C(=O)C(NC(=O)/C(=N\O)c3csc(N)n3)[C@@H]2SC1. The van der Waals surface area contributed by atoms with E-state index < -0.39 is 59.1 Å². The minimum atomic E-state index is -1.05. The number of thiazole rings is 1. The summed E-state index contributed by atoms with van der Waals surface area (Å²) < 4.78 is 15.0. The molecule has 3 heterocycles. The van der Waals surface area contributed by atoms with Gasteiger partial charge < -0.3 is 30.5 Å². The van der Waals surface area contributed by atoms with E-state index in [2.05, 4.69) is 15.5 Å². The van der Waals surface area contributed by atoms with Crippen LogP contribution in [0.4, 0.5) is 5.13 Å². The summed E-state index contributed by atoms with van der Waals surface area (Å²) in [6.45, 7) is 5.43. The maximum atomic E-state index is 13.1. The second kappa shape index (κ2) is 12.3. The number of oxime groups is 1. The molecule has 2 aliphatic rings. The number of carbonyl (C=O) groups is 5. The van der Waals surface area contributed by atoms with Gasteiger partial charge in [0.15, 0.2) is 10.8 Å². The van der Waals surface area contributed by atoms with Crippen molar-refractivity contribution in [2.45, 2.75) is 39.1 Å². The molecule has 2 aliphatic heterocycles. The average Bonchev–Trinajstić information content (AvgIpc) is 3.29. The molecule has 1 saturated heterocycles. The fourth-order valence-electron chi connectivity index (χ4n) is 3.36. The van der Waals surface area contributed by atoms with Crippen molar-refractivity contribution in [1.82, 2.24) is 15.2 Å². The molecule has 0 saturated carbocycles. The van der Waals surface area contributed by atoms with Gasteiger partial charge in [0, 0.05) is 18.1 Å². The van der Waals surface area contributed by atoms with Gasteiger partial charge in [-0.2, -0.15) is 0 Å². The lowest BCUT2D eigenvalue weighted by molar-refractivity contribution is -0.173. The number of aromatic nitrogens is 1. The Bertz CT molecular complexity index is 1260. The van der Waals surface area contributed by atoms with Gasteiger partial charge in [0.25, 0.3) is 11.8 Å². The standard InChI is InChI=1S/C23H27N5O9S2/c1-11(29)35-7-5-6-12-8-38-19-15(26-17(30)14(27-34)13-9-39-22(24)25-13)18(31)28(19)16(12)20(32)36-10-37-21(33)23(2,3)4/h5-6,9,15,19,34H,7-8,10H2,1-4H3,(H2,24,25)(H,26,30)/b6-5-,27-14-/t15?,19-/m0/s1. The van der Waals surface area contributed by atoms with Gasteiger partial charge in [0.2, 0.25) is 6.79 Å². The summed E-state index contributed by atoms with van der Waals surface area (Å²) in [6, 6.07) is -1.05. The third kappa shape index (κ3) is 6.94. The first-order chi connectivity index (χ1) is 18.3. The largest absolute Gasteiger partial charge is 0.462 e. The van der Waals surface area contributed by atoms with Crippen LogP contribution in [0, 0.1) is 5.41 Å². The Labute approximate surface area is 231 Å². The monoisotopic (exact) mass is 581 g/mol. The Hall–Kier alpha value is -3.92. The number of esters is 3. The van der Waals surface area contributed by atoms with Crippen molar-refractivity contribution < 1.29 is 43.4 Å². The highest BCUT2D eigenvalue weighted by atomic mass is 32.2. The van der Waals surface area contributed by atoms with Crippen LogP contribution in [0.5, 0.6) is 0 Å². The van der Waals surface area contributed by atoms with E-state index in [1.165, 1.54) is 36.2 Å². The number of hydrogen-bond donors (Lipinski definition) is 3. The van der Waals surface area contributed by atoms with Crippen LogP contribution in [0.2, 0.25) is 0 Å². The lowest BCUT2D eigenvalue weighted by Crippen LogP contribution is -2.71. The summed E-state index contributed by atoms with van der Waals surface area (Å²) in [5, 5.41) is 15.7. The third-order valence-electron chi connectivity index (χ3n) is 5.25. The summed E-state index contributed by atoms with van der Waals surface area (Å²) in [5.41, 5.74) is 4.65. The summed E-state index contributed by atoms with van der Waals surface area (Å²) in [6.07, 6.45) is 3.02. The average molecular weight is 582 g/mol. The molecule has 14 nitrogen and oxygen atoms in total. The second-order valence-corrected chi connectivity index (χ2v) is 11.2. The molecule has 0 radical (unpaired) electrons. The molecule has 0 spiro atoms. The number of anilines is 1. The van der Waals surface area contributed by atoms with E-state index in [1.54, 1.807) is 20.8 Å². The maximum absolute atomic E-state index is 13.1. The van der Waals surface area contributed by atoms with Crippen LogP contribution < -0.4 is 11.1 Å². The van der Waals surface area contributed by atoms with Gasteiger partial charge in [-0.05, 0) is 32.4 Å². The van der Waals surface area contributed by atoms with Crippen molar-refractivity contribution in [2.75, 3.05) is 24.9 Å². The number of rotatable bonds is 9. The Balaban J connectivity index is 1.77. The molecular formula is C23H27N5O9S2. The van der Waals surface area contributed by atoms with Crippen LogP contribution in [0.15, 0.2) is 34.0 Å². The molecule has 4 N–H and O–H groups in total. The first kappa shape index (κ1) is 29.6. The Morgan fingerprint density at radius 2 is 2.00 bits per heavy atom. The van der Waals surface area contributed by atoms with Gasteiger partial charge in [-0.15, -0.1) is 23.1 Å². The number of thioether (sulfide) groups is 1. The number of nitrogen functional groups attached to an aromatic ring is 1. The molecule has 3 rings (SSSR count). The molecule has 1 fully saturated rings. The number of fused-ring (bicyclic) bond motifs is 1. The van der Waals surface area contributed by atoms with Crippen LogP contribution in [0.1, 0.15) is 33.4 Å². The van der Waals surface area contributed by atoms with Crippen LogP contribution in [0.25, 0.3) is 0 Å².